The van der Waals surface area contributed by atoms with E-state index >= 15 is 0 Å². The number of ether oxygens (including phenoxy) is 1. The van der Waals surface area contributed by atoms with Crippen LogP contribution in [0.5, 0.6) is 5.75 Å². The fourth-order valence-corrected chi connectivity index (χ4v) is 2.76. The molecule has 1 unspecified atom stereocenters. The van der Waals surface area contributed by atoms with Crippen molar-refractivity contribution in [3.8, 4) is 5.75 Å². The highest BCUT2D eigenvalue weighted by atomic mass is 16.5. The van der Waals surface area contributed by atoms with Gasteiger partial charge < -0.3 is 10.5 Å². The molecule has 0 spiro atoms. The van der Waals surface area contributed by atoms with E-state index in [0.29, 0.717) is 19.2 Å². The maximum absolute atomic E-state index is 6.07. The molecule has 1 aromatic carbocycles. The van der Waals surface area contributed by atoms with Crippen LogP contribution in [0.15, 0.2) is 24.3 Å². The maximum Gasteiger partial charge on any atom is 0.119 e. The Balaban J connectivity index is 2.08. The molecule has 112 valence electrons. The highest BCUT2D eigenvalue weighted by Crippen LogP contribution is 2.34. The Kier molecular flexibility index (Phi) is 5.86. The molecule has 2 N–H and O–H groups in total. The Morgan fingerprint density at radius 1 is 1.25 bits per heavy atom. The number of nitrogens with two attached hydrogens (primary N) is 1. The summed E-state index contributed by atoms with van der Waals surface area (Å²) < 4.78 is 5.51. The fourth-order valence-electron chi connectivity index (χ4n) is 2.76. The second-order valence-electron chi connectivity index (χ2n) is 5.58. The molecule has 1 aliphatic carbocycles. The second-order valence-corrected chi connectivity index (χ2v) is 5.58. The molecular formula is C17H28N2O. The maximum atomic E-state index is 6.07. The van der Waals surface area contributed by atoms with Crippen LogP contribution in [-0.2, 0) is 0 Å². The van der Waals surface area contributed by atoms with Crippen molar-refractivity contribution in [2.24, 2.45) is 5.73 Å². The molecule has 1 saturated carbocycles. The van der Waals surface area contributed by atoms with Gasteiger partial charge in [-0.15, -0.1) is 0 Å². The molecule has 0 radical (unpaired) electrons. The summed E-state index contributed by atoms with van der Waals surface area (Å²) in [5, 5.41) is 0. The van der Waals surface area contributed by atoms with Crippen LogP contribution in [0.25, 0.3) is 0 Å². The van der Waals surface area contributed by atoms with E-state index in [9.17, 15) is 0 Å². The Morgan fingerprint density at radius 3 is 2.45 bits per heavy atom. The Bertz CT molecular complexity index is 386. The molecule has 0 aliphatic heterocycles. The van der Waals surface area contributed by atoms with E-state index < -0.39 is 0 Å². The molecule has 2 rings (SSSR count). The molecule has 1 aromatic rings. The third-order valence-corrected chi connectivity index (χ3v) is 3.99. The molecular weight excluding hydrogens is 248 g/mol. The number of rotatable bonds is 9. The van der Waals surface area contributed by atoms with Crippen LogP contribution < -0.4 is 10.5 Å². The summed E-state index contributed by atoms with van der Waals surface area (Å²) in [6, 6.07) is 9.57. The molecule has 1 atom stereocenters. The summed E-state index contributed by atoms with van der Waals surface area (Å²) >= 11 is 0. The van der Waals surface area contributed by atoms with Crippen LogP contribution in [0.3, 0.4) is 0 Å². The Morgan fingerprint density at radius 2 is 1.95 bits per heavy atom. The van der Waals surface area contributed by atoms with Crippen LogP contribution >= 0.6 is 0 Å². The Hall–Kier alpha value is -1.06. The van der Waals surface area contributed by atoms with Crippen LogP contribution in [0.2, 0.25) is 0 Å². The average Bonchev–Trinajstić information content (AvgIpc) is 3.29. The number of unbranched alkanes of at least 4 members (excludes halogenated alkanes) is 1. The first-order valence-electron chi connectivity index (χ1n) is 7.98. The van der Waals surface area contributed by atoms with Gasteiger partial charge in [0.1, 0.15) is 5.75 Å². The van der Waals surface area contributed by atoms with Gasteiger partial charge in [0, 0.05) is 18.6 Å². The molecule has 0 aromatic heterocycles. The van der Waals surface area contributed by atoms with E-state index in [1.54, 1.807) is 0 Å². The molecule has 1 aliphatic rings. The van der Waals surface area contributed by atoms with Gasteiger partial charge in [-0.1, -0.05) is 25.5 Å². The molecule has 20 heavy (non-hydrogen) atoms. The van der Waals surface area contributed by atoms with Crippen molar-refractivity contribution in [3.05, 3.63) is 29.8 Å². The molecule has 0 bridgehead atoms. The van der Waals surface area contributed by atoms with Gasteiger partial charge in [-0.25, -0.2) is 0 Å². The number of benzene rings is 1. The number of nitrogens with zero attached hydrogens (tertiary/aromatic N) is 1. The third kappa shape index (κ3) is 3.97. The van der Waals surface area contributed by atoms with Crippen molar-refractivity contribution in [2.75, 3.05) is 19.7 Å². The van der Waals surface area contributed by atoms with E-state index in [1.807, 2.05) is 6.92 Å². The van der Waals surface area contributed by atoms with E-state index in [0.717, 1.165) is 18.3 Å². The molecule has 0 amide bonds. The van der Waals surface area contributed by atoms with Crippen molar-refractivity contribution in [1.29, 1.82) is 0 Å². The molecule has 0 saturated heterocycles. The van der Waals surface area contributed by atoms with Gasteiger partial charge in [0.2, 0.25) is 0 Å². The minimum absolute atomic E-state index is 0.352. The standard InChI is InChI=1S/C17H28N2O/c1-3-5-12-19(15-8-9-15)17(13-18)14-6-10-16(11-7-14)20-4-2/h6-7,10-11,15,17H,3-5,8-9,12-13,18H2,1-2H3. The number of hydrogen-bond donors (Lipinski definition) is 1. The summed E-state index contributed by atoms with van der Waals surface area (Å²) in [4.78, 5) is 2.61. The lowest BCUT2D eigenvalue weighted by atomic mass is 10.0. The molecule has 3 nitrogen and oxygen atoms in total. The van der Waals surface area contributed by atoms with E-state index in [2.05, 4.69) is 36.1 Å². The van der Waals surface area contributed by atoms with Crippen LogP contribution in [-0.4, -0.2) is 30.6 Å². The van der Waals surface area contributed by atoms with Gasteiger partial charge in [0.25, 0.3) is 0 Å². The van der Waals surface area contributed by atoms with Crippen molar-refractivity contribution >= 4 is 0 Å². The van der Waals surface area contributed by atoms with Gasteiger partial charge in [-0.3, -0.25) is 4.90 Å². The van der Waals surface area contributed by atoms with Gasteiger partial charge in [0.05, 0.1) is 6.61 Å². The van der Waals surface area contributed by atoms with Gasteiger partial charge in [0.15, 0.2) is 0 Å². The van der Waals surface area contributed by atoms with Gasteiger partial charge >= 0.3 is 0 Å². The largest absolute Gasteiger partial charge is 0.494 e. The third-order valence-electron chi connectivity index (χ3n) is 3.99. The van der Waals surface area contributed by atoms with Crippen LogP contribution in [0.1, 0.15) is 51.1 Å². The van der Waals surface area contributed by atoms with Gasteiger partial charge in [-0.05, 0) is 50.4 Å². The zero-order valence-corrected chi connectivity index (χ0v) is 12.8. The fraction of sp³-hybridized carbons (Fsp3) is 0.647. The topological polar surface area (TPSA) is 38.5 Å². The predicted octanol–water partition coefficient (Wildman–Crippen LogP) is 3.35. The zero-order valence-electron chi connectivity index (χ0n) is 12.8. The first kappa shape index (κ1) is 15.3. The molecule has 0 heterocycles. The zero-order chi connectivity index (χ0) is 14.4. The molecule has 1 fully saturated rings. The van der Waals surface area contributed by atoms with Gasteiger partial charge in [-0.2, -0.15) is 0 Å². The monoisotopic (exact) mass is 276 g/mol. The number of hydrogen-bond acceptors (Lipinski definition) is 3. The van der Waals surface area contributed by atoms with Crippen molar-refractivity contribution in [2.45, 2.75) is 51.6 Å². The summed E-state index contributed by atoms with van der Waals surface area (Å²) in [6.07, 6.45) is 5.16. The summed E-state index contributed by atoms with van der Waals surface area (Å²) in [6.45, 7) is 6.82. The lowest BCUT2D eigenvalue weighted by Crippen LogP contribution is -2.36. The lowest BCUT2D eigenvalue weighted by molar-refractivity contribution is 0.188. The van der Waals surface area contributed by atoms with Crippen molar-refractivity contribution < 1.29 is 4.74 Å². The first-order chi connectivity index (χ1) is 9.80. The van der Waals surface area contributed by atoms with Crippen LogP contribution in [0.4, 0.5) is 0 Å². The van der Waals surface area contributed by atoms with E-state index in [-0.39, 0.29) is 0 Å². The van der Waals surface area contributed by atoms with Crippen molar-refractivity contribution in [1.82, 2.24) is 4.90 Å². The summed E-state index contributed by atoms with van der Waals surface area (Å²) in [5.41, 5.74) is 7.39. The highest BCUT2D eigenvalue weighted by molar-refractivity contribution is 5.29. The minimum Gasteiger partial charge on any atom is -0.494 e. The summed E-state index contributed by atoms with van der Waals surface area (Å²) in [5.74, 6) is 0.943. The summed E-state index contributed by atoms with van der Waals surface area (Å²) in [7, 11) is 0. The quantitative estimate of drug-likeness (QED) is 0.751. The second kappa shape index (κ2) is 7.65. The molecule has 3 heteroatoms. The van der Waals surface area contributed by atoms with Crippen LogP contribution in [0, 0.1) is 0 Å². The van der Waals surface area contributed by atoms with E-state index in [4.69, 9.17) is 10.5 Å². The normalized spacial score (nSPS) is 16.4. The first-order valence-corrected chi connectivity index (χ1v) is 7.98. The smallest absolute Gasteiger partial charge is 0.119 e. The van der Waals surface area contributed by atoms with E-state index in [1.165, 1.54) is 31.2 Å². The predicted molar refractivity (Wildman–Crippen MR) is 84.0 cm³/mol. The minimum atomic E-state index is 0.352. The SMILES string of the molecule is CCCCN(C1CC1)C(CN)c1ccc(OCC)cc1. The Labute approximate surface area is 123 Å². The lowest BCUT2D eigenvalue weighted by Gasteiger charge is -2.31. The average molecular weight is 276 g/mol. The highest BCUT2D eigenvalue weighted by Gasteiger charge is 2.33. The van der Waals surface area contributed by atoms with Crippen molar-refractivity contribution in [3.63, 3.8) is 0 Å².